The number of rotatable bonds is 2. The molecular weight excluding hydrogens is 207 g/mol. The molecule has 84 valence electrons. The fourth-order valence-electron chi connectivity index (χ4n) is 2.01. The van der Waals surface area contributed by atoms with E-state index in [1.54, 1.807) is 12.3 Å². The van der Waals surface area contributed by atoms with Gasteiger partial charge in [-0.05, 0) is 19.1 Å². The molecule has 0 amide bonds. The third-order valence-electron chi connectivity index (χ3n) is 2.97. The molecule has 2 N–H and O–H groups in total. The van der Waals surface area contributed by atoms with Crippen molar-refractivity contribution >= 4 is 10.9 Å². The molecule has 0 bridgehead atoms. The minimum Gasteiger partial charge on any atom is -0.483 e. The van der Waals surface area contributed by atoms with Gasteiger partial charge >= 0.3 is 0 Å². The van der Waals surface area contributed by atoms with Gasteiger partial charge in [-0.1, -0.05) is 6.07 Å². The molecule has 0 aliphatic carbocycles. The number of hydrogen-bond donors (Lipinski definition) is 2. The first kappa shape index (κ1) is 9.66. The van der Waals surface area contributed by atoms with Crippen molar-refractivity contribution in [1.82, 2.24) is 10.3 Å². The lowest BCUT2D eigenvalue weighted by Gasteiger charge is -2.39. The molecule has 3 nitrogen and oxygen atoms in total. The van der Waals surface area contributed by atoms with E-state index in [1.807, 2.05) is 13.0 Å². The topological polar surface area (TPSA) is 37.0 Å². The summed E-state index contributed by atoms with van der Waals surface area (Å²) < 4.78 is 19.5. The number of aromatic nitrogens is 1. The van der Waals surface area contributed by atoms with Crippen molar-refractivity contribution < 1.29 is 9.13 Å². The second-order valence-corrected chi connectivity index (χ2v) is 4.47. The lowest BCUT2D eigenvalue weighted by molar-refractivity contribution is 0.0362. The maximum absolute atomic E-state index is 13.7. The summed E-state index contributed by atoms with van der Waals surface area (Å²) in [6.07, 6.45) is 1.72. The Morgan fingerprint density at radius 2 is 2.19 bits per heavy atom. The molecule has 1 aliphatic rings. The largest absolute Gasteiger partial charge is 0.483 e. The predicted octanol–water partition coefficient (Wildman–Crippen LogP) is 2.05. The fraction of sp³-hybridized carbons (Fsp3) is 0.333. The number of fused-ring (bicyclic) bond motifs is 1. The van der Waals surface area contributed by atoms with E-state index in [2.05, 4.69) is 10.3 Å². The van der Waals surface area contributed by atoms with E-state index in [4.69, 9.17) is 4.74 Å². The molecule has 1 aliphatic heterocycles. The van der Waals surface area contributed by atoms with E-state index in [0.29, 0.717) is 11.1 Å². The molecule has 0 radical (unpaired) electrons. The Balaban J connectivity index is 2.03. The highest BCUT2D eigenvalue weighted by molar-refractivity contribution is 5.86. The molecule has 16 heavy (non-hydrogen) atoms. The highest BCUT2D eigenvalue weighted by Gasteiger charge is 2.34. The lowest BCUT2D eigenvalue weighted by atomic mass is 10.00. The van der Waals surface area contributed by atoms with Crippen LogP contribution < -0.4 is 10.1 Å². The molecule has 2 aromatic rings. The first-order valence-electron chi connectivity index (χ1n) is 5.33. The van der Waals surface area contributed by atoms with Crippen LogP contribution in [0.2, 0.25) is 0 Å². The monoisotopic (exact) mass is 220 g/mol. The SMILES string of the molecule is CC1(Oc2c[nH]c3cccc(F)c23)CNC1. The van der Waals surface area contributed by atoms with E-state index in [1.165, 1.54) is 6.07 Å². The molecule has 0 atom stereocenters. The summed E-state index contributed by atoms with van der Waals surface area (Å²) in [5.41, 5.74) is 0.558. The summed E-state index contributed by atoms with van der Waals surface area (Å²) in [6, 6.07) is 4.97. The van der Waals surface area contributed by atoms with Gasteiger partial charge in [0.15, 0.2) is 0 Å². The van der Waals surface area contributed by atoms with Gasteiger partial charge < -0.3 is 15.0 Å². The minimum absolute atomic E-state index is 0.211. The van der Waals surface area contributed by atoms with E-state index < -0.39 is 0 Å². The first-order valence-corrected chi connectivity index (χ1v) is 5.33. The minimum atomic E-state index is -0.246. The van der Waals surface area contributed by atoms with Gasteiger partial charge in [0.25, 0.3) is 0 Å². The normalized spacial score (nSPS) is 18.4. The number of aromatic amines is 1. The van der Waals surface area contributed by atoms with E-state index in [9.17, 15) is 4.39 Å². The van der Waals surface area contributed by atoms with Gasteiger partial charge in [0.2, 0.25) is 0 Å². The zero-order chi connectivity index (χ0) is 11.2. The molecule has 3 rings (SSSR count). The van der Waals surface area contributed by atoms with Crippen LogP contribution in [0.5, 0.6) is 5.75 Å². The summed E-state index contributed by atoms with van der Waals surface area (Å²) in [7, 11) is 0. The Morgan fingerprint density at radius 3 is 2.88 bits per heavy atom. The number of hydrogen-bond acceptors (Lipinski definition) is 2. The van der Waals surface area contributed by atoms with Gasteiger partial charge in [-0.2, -0.15) is 0 Å². The summed E-state index contributed by atoms with van der Waals surface area (Å²) >= 11 is 0. The number of ether oxygens (including phenoxy) is 1. The standard InChI is InChI=1S/C12H13FN2O/c1-12(6-14-7-12)16-10-5-15-9-4-2-3-8(13)11(9)10/h2-5,14-15H,6-7H2,1H3. The molecule has 4 heteroatoms. The zero-order valence-corrected chi connectivity index (χ0v) is 9.01. The highest BCUT2D eigenvalue weighted by atomic mass is 19.1. The summed E-state index contributed by atoms with van der Waals surface area (Å²) in [5.74, 6) is 0.349. The van der Waals surface area contributed by atoms with Crippen molar-refractivity contribution in [1.29, 1.82) is 0 Å². The molecule has 2 heterocycles. The van der Waals surface area contributed by atoms with Gasteiger partial charge in [-0.25, -0.2) is 4.39 Å². The number of nitrogens with one attached hydrogen (secondary N) is 2. The maximum Gasteiger partial charge on any atom is 0.148 e. The van der Waals surface area contributed by atoms with Gasteiger partial charge in [0.05, 0.1) is 10.9 Å². The van der Waals surface area contributed by atoms with Crippen LogP contribution in [0.15, 0.2) is 24.4 Å². The van der Waals surface area contributed by atoms with E-state index >= 15 is 0 Å². The Morgan fingerprint density at radius 1 is 1.38 bits per heavy atom. The van der Waals surface area contributed by atoms with Crippen molar-refractivity contribution in [3.63, 3.8) is 0 Å². The predicted molar refractivity (Wildman–Crippen MR) is 60.2 cm³/mol. The quantitative estimate of drug-likeness (QED) is 0.812. The van der Waals surface area contributed by atoms with Crippen LogP contribution in [0.4, 0.5) is 4.39 Å². The zero-order valence-electron chi connectivity index (χ0n) is 9.01. The molecule has 1 aromatic carbocycles. The second kappa shape index (κ2) is 3.22. The number of halogens is 1. The van der Waals surface area contributed by atoms with Crippen LogP contribution in [-0.2, 0) is 0 Å². The second-order valence-electron chi connectivity index (χ2n) is 4.47. The number of H-pyrrole nitrogens is 1. The van der Waals surface area contributed by atoms with Crippen LogP contribution in [-0.4, -0.2) is 23.7 Å². The van der Waals surface area contributed by atoms with Gasteiger partial charge in [-0.3, -0.25) is 0 Å². The van der Waals surface area contributed by atoms with Gasteiger partial charge in [0, 0.05) is 19.3 Å². The van der Waals surface area contributed by atoms with Crippen molar-refractivity contribution in [3.8, 4) is 5.75 Å². The van der Waals surface area contributed by atoms with Crippen LogP contribution in [0.25, 0.3) is 10.9 Å². The van der Waals surface area contributed by atoms with Gasteiger partial charge in [-0.15, -0.1) is 0 Å². The van der Waals surface area contributed by atoms with Gasteiger partial charge in [0.1, 0.15) is 17.2 Å². The van der Waals surface area contributed by atoms with Crippen molar-refractivity contribution in [2.45, 2.75) is 12.5 Å². The Labute approximate surface area is 92.6 Å². The maximum atomic E-state index is 13.7. The third kappa shape index (κ3) is 1.38. The van der Waals surface area contributed by atoms with Crippen molar-refractivity contribution in [2.75, 3.05) is 13.1 Å². The van der Waals surface area contributed by atoms with Crippen molar-refractivity contribution in [2.24, 2.45) is 0 Å². The average Bonchev–Trinajstić information content (AvgIpc) is 2.61. The summed E-state index contributed by atoms with van der Waals surface area (Å²) in [4.78, 5) is 3.01. The van der Waals surface area contributed by atoms with Crippen LogP contribution in [0, 0.1) is 5.82 Å². The molecule has 0 saturated carbocycles. The molecule has 1 fully saturated rings. The molecule has 1 saturated heterocycles. The molecule has 1 aromatic heterocycles. The number of benzene rings is 1. The van der Waals surface area contributed by atoms with Crippen LogP contribution in [0.1, 0.15) is 6.92 Å². The summed E-state index contributed by atoms with van der Waals surface area (Å²) in [5, 5.41) is 3.69. The van der Waals surface area contributed by atoms with Crippen LogP contribution in [0.3, 0.4) is 0 Å². The Hall–Kier alpha value is -1.55. The Kier molecular flexibility index (Phi) is 1.94. The lowest BCUT2D eigenvalue weighted by Crippen LogP contribution is -2.60. The molecule has 0 spiro atoms. The molecule has 0 unspecified atom stereocenters. The van der Waals surface area contributed by atoms with E-state index in [-0.39, 0.29) is 11.4 Å². The smallest absolute Gasteiger partial charge is 0.148 e. The third-order valence-corrected chi connectivity index (χ3v) is 2.97. The first-order chi connectivity index (χ1) is 7.68. The van der Waals surface area contributed by atoms with Crippen LogP contribution >= 0.6 is 0 Å². The Bertz CT molecular complexity index is 531. The molecular formula is C12H13FN2O. The fourth-order valence-corrected chi connectivity index (χ4v) is 2.01. The van der Waals surface area contributed by atoms with Crippen molar-refractivity contribution in [3.05, 3.63) is 30.2 Å². The highest BCUT2D eigenvalue weighted by Crippen LogP contribution is 2.31. The average molecular weight is 220 g/mol. The summed E-state index contributed by atoms with van der Waals surface area (Å²) in [6.45, 7) is 3.62. The van der Waals surface area contributed by atoms with E-state index in [0.717, 1.165) is 18.6 Å².